The number of benzene rings is 1. The van der Waals surface area contributed by atoms with Crippen molar-refractivity contribution in [3.8, 4) is 0 Å². The molecule has 7 heteroatoms. The summed E-state index contributed by atoms with van der Waals surface area (Å²) in [5.41, 5.74) is 0.525. The number of furan rings is 1. The first-order chi connectivity index (χ1) is 12.0. The lowest BCUT2D eigenvalue weighted by Crippen LogP contribution is -2.40. The van der Waals surface area contributed by atoms with Crippen molar-refractivity contribution in [3.63, 3.8) is 0 Å². The minimum Gasteiger partial charge on any atom is -0.469 e. The van der Waals surface area contributed by atoms with E-state index < -0.39 is 11.9 Å². The fourth-order valence-corrected chi connectivity index (χ4v) is 2.93. The Hall–Kier alpha value is -2.34. The highest BCUT2D eigenvalue weighted by Crippen LogP contribution is 2.25. The summed E-state index contributed by atoms with van der Waals surface area (Å²) in [5.74, 6) is 0.110. The van der Waals surface area contributed by atoms with Gasteiger partial charge in [0.1, 0.15) is 11.6 Å². The van der Waals surface area contributed by atoms with Crippen LogP contribution in [0.15, 0.2) is 46.2 Å². The number of nitrogens with one attached hydrogen (secondary N) is 1. The summed E-state index contributed by atoms with van der Waals surface area (Å²) in [7, 11) is 0. The van der Waals surface area contributed by atoms with E-state index in [1.165, 1.54) is 12.1 Å². The van der Waals surface area contributed by atoms with Gasteiger partial charge in [0.25, 0.3) is 5.91 Å². The van der Waals surface area contributed by atoms with Crippen LogP contribution in [-0.4, -0.2) is 23.8 Å². The zero-order valence-electron chi connectivity index (χ0n) is 13.7. The topological polar surface area (TPSA) is 63.8 Å². The van der Waals surface area contributed by atoms with E-state index in [2.05, 4.69) is 10.5 Å². The van der Waals surface area contributed by atoms with Gasteiger partial charge in [0.15, 0.2) is 0 Å². The molecule has 0 saturated heterocycles. The van der Waals surface area contributed by atoms with Gasteiger partial charge in [-0.15, -0.1) is 0 Å². The zero-order chi connectivity index (χ0) is 17.8. The van der Waals surface area contributed by atoms with Crippen LogP contribution in [0.25, 0.3) is 0 Å². The number of hydrogen-bond donors (Lipinski definition) is 1. The van der Waals surface area contributed by atoms with Gasteiger partial charge in [-0.3, -0.25) is 4.79 Å². The molecule has 0 unspecified atom stereocenters. The van der Waals surface area contributed by atoms with Crippen molar-refractivity contribution in [2.45, 2.75) is 38.3 Å². The molecule has 0 saturated carbocycles. The molecule has 0 spiro atoms. The molecule has 2 aromatic rings. The lowest BCUT2D eigenvalue weighted by Gasteiger charge is -2.15. The predicted octanol–water partition coefficient (Wildman–Crippen LogP) is 3.70. The molecular weight excluding hydrogens is 347 g/mol. The molecule has 1 aromatic carbocycles. The molecule has 0 fully saturated rings. The van der Waals surface area contributed by atoms with Gasteiger partial charge < -0.3 is 14.6 Å². The molecule has 132 valence electrons. The Labute approximate surface area is 149 Å². The summed E-state index contributed by atoms with van der Waals surface area (Å²) in [4.78, 5) is 17.5. The highest BCUT2D eigenvalue weighted by molar-refractivity contribution is 6.34. The molecular formula is C18H18ClFN2O3. The second-order valence-electron chi connectivity index (χ2n) is 5.96. The molecule has 1 aliphatic rings. The third kappa shape index (κ3) is 4.20. The fraction of sp³-hybridized carbons (Fsp3) is 0.333. The smallest absolute Gasteiger partial charge is 0.264 e. The van der Waals surface area contributed by atoms with Crippen LogP contribution in [0.1, 0.15) is 31.1 Å². The van der Waals surface area contributed by atoms with Crippen LogP contribution in [0.2, 0.25) is 5.02 Å². The number of amides is 1. The Morgan fingerprint density at radius 2 is 2.28 bits per heavy atom. The number of carbonyl (C=O) groups excluding carboxylic acids is 1. The molecule has 2 heterocycles. The number of rotatable bonds is 6. The molecule has 3 rings (SSSR count). The van der Waals surface area contributed by atoms with Crippen molar-refractivity contribution >= 4 is 23.2 Å². The molecule has 5 nitrogen and oxygen atoms in total. The van der Waals surface area contributed by atoms with E-state index >= 15 is 0 Å². The maximum atomic E-state index is 13.9. The Balaban J connectivity index is 1.53. The molecule has 25 heavy (non-hydrogen) atoms. The summed E-state index contributed by atoms with van der Waals surface area (Å²) in [6, 6.07) is 8.07. The lowest BCUT2D eigenvalue weighted by atomic mass is 10.0. The van der Waals surface area contributed by atoms with Gasteiger partial charge in [0.2, 0.25) is 6.10 Å². The van der Waals surface area contributed by atoms with Gasteiger partial charge in [-0.1, -0.05) is 22.8 Å². The number of carbonyl (C=O) groups is 1. The molecule has 1 aromatic heterocycles. The van der Waals surface area contributed by atoms with Crippen LogP contribution in [0, 0.1) is 5.82 Å². The molecule has 2 atom stereocenters. The average molecular weight is 365 g/mol. The van der Waals surface area contributed by atoms with Gasteiger partial charge in [-0.25, -0.2) is 4.39 Å². The van der Waals surface area contributed by atoms with E-state index in [1.54, 1.807) is 12.3 Å². The monoisotopic (exact) mass is 364 g/mol. The summed E-state index contributed by atoms with van der Waals surface area (Å²) in [5, 5.41) is 6.97. The van der Waals surface area contributed by atoms with Gasteiger partial charge in [0.05, 0.1) is 22.6 Å². The molecule has 1 N–H and O–H groups in total. The van der Waals surface area contributed by atoms with Crippen LogP contribution in [0.4, 0.5) is 4.39 Å². The molecule has 1 aliphatic heterocycles. The summed E-state index contributed by atoms with van der Waals surface area (Å²) >= 11 is 6.03. The van der Waals surface area contributed by atoms with E-state index in [1.807, 2.05) is 19.1 Å². The highest BCUT2D eigenvalue weighted by Gasteiger charge is 2.31. The summed E-state index contributed by atoms with van der Waals surface area (Å²) in [6.45, 7) is 1.91. The van der Waals surface area contributed by atoms with E-state index in [0.717, 1.165) is 18.6 Å². The number of hydrogen-bond acceptors (Lipinski definition) is 4. The minimum absolute atomic E-state index is 0.0534. The molecule has 0 bridgehead atoms. The van der Waals surface area contributed by atoms with Crippen LogP contribution < -0.4 is 5.32 Å². The SMILES string of the molecule is C[C@H](CCc1ccco1)NC(=O)[C@@H]1CC(c2c(F)cccc2Cl)=NO1. The van der Waals surface area contributed by atoms with Crippen LogP contribution in [0.3, 0.4) is 0 Å². The minimum atomic E-state index is -0.781. The van der Waals surface area contributed by atoms with E-state index in [9.17, 15) is 9.18 Å². The molecule has 0 radical (unpaired) electrons. The highest BCUT2D eigenvalue weighted by atomic mass is 35.5. The molecule has 1 amide bonds. The second-order valence-corrected chi connectivity index (χ2v) is 6.37. The summed E-state index contributed by atoms with van der Waals surface area (Å²) < 4.78 is 19.2. The maximum Gasteiger partial charge on any atom is 0.264 e. The van der Waals surface area contributed by atoms with Gasteiger partial charge in [-0.2, -0.15) is 0 Å². The Morgan fingerprint density at radius 3 is 3.00 bits per heavy atom. The van der Waals surface area contributed by atoms with Crippen molar-refractivity contribution in [1.29, 1.82) is 0 Å². The van der Waals surface area contributed by atoms with Crippen molar-refractivity contribution in [2.24, 2.45) is 5.16 Å². The zero-order valence-corrected chi connectivity index (χ0v) is 14.4. The van der Waals surface area contributed by atoms with Crippen molar-refractivity contribution in [2.75, 3.05) is 0 Å². The van der Waals surface area contributed by atoms with E-state index in [0.29, 0.717) is 5.71 Å². The first-order valence-corrected chi connectivity index (χ1v) is 8.42. The maximum absolute atomic E-state index is 13.9. The normalized spacial score (nSPS) is 17.7. The van der Waals surface area contributed by atoms with Crippen molar-refractivity contribution < 1.29 is 18.4 Å². The fourth-order valence-electron chi connectivity index (χ4n) is 2.66. The average Bonchev–Trinajstić information content (AvgIpc) is 3.25. The predicted molar refractivity (Wildman–Crippen MR) is 92.1 cm³/mol. The first kappa shape index (κ1) is 17.5. The lowest BCUT2D eigenvalue weighted by molar-refractivity contribution is -0.131. The van der Waals surface area contributed by atoms with Crippen LogP contribution in [0.5, 0.6) is 0 Å². The standard InChI is InChI=1S/C18H18ClFN2O3/c1-11(7-8-12-4-3-9-24-12)21-18(23)16-10-15(22-25-16)17-13(19)5-2-6-14(17)20/h2-6,9,11,16H,7-8,10H2,1H3,(H,21,23)/t11-,16+/m1/s1. The number of nitrogens with zero attached hydrogens (tertiary/aromatic N) is 1. The first-order valence-electron chi connectivity index (χ1n) is 8.04. The van der Waals surface area contributed by atoms with Crippen LogP contribution >= 0.6 is 11.6 Å². The Morgan fingerprint density at radius 1 is 1.44 bits per heavy atom. The van der Waals surface area contributed by atoms with Gasteiger partial charge in [-0.05, 0) is 37.6 Å². The number of halogens is 2. The largest absolute Gasteiger partial charge is 0.469 e. The molecule has 0 aliphatic carbocycles. The van der Waals surface area contributed by atoms with Crippen LogP contribution in [-0.2, 0) is 16.1 Å². The third-order valence-corrected chi connectivity index (χ3v) is 4.32. The van der Waals surface area contributed by atoms with Crippen molar-refractivity contribution in [1.82, 2.24) is 5.32 Å². The quantitative estimate of drug-likeness (QED) is 0.850. The van der Waals surface area contributed by atoms with Gasteiger partial charge >= 0.3 is 0 Å². The summed E-state index contributed by atoms with van der Waals surface area (Å²) in [6.07, 6.45) is 2.48. The number of aryl methyl sites for hydroxylation is 1. The van der Waals surface area contributed by atoms with Gasteiger partial charge in [0, 0.05) is 18.9 Å². The van der Waals surface area contributed by atoms with E-state index in [-0.39, 0.29) is 29.0 Å². The Bertz CT molecular complexity index is 756. The third-order valence-electron chi connectivity index (χ3n) is 4.01. The van der Waals surface area contributed by atoms with E-state index in [4.69, 9.17) is 20.9 Å². The second kappa shape index (κ2) is 7.70. The Kier molecular flexibility index (Phi) is 5.38. The van der Waals surface area contributed by atoms with Crippen molar-refractivity contribution in [3.05, 3.63) is 58.8 Å². The number of oxime groups is 1.